The number of carbonyl (C=O) groups excluding carboxylic acids is 8. The van der Waals surface area contributed by atoms with E-state index in [2.05, 4.69) is 69.4 Å². The standard InChI is InChI=1S/C62H102N8O13/c1-39(2)23-24-49-61(12,83-49)53-52(80-13)48(25-26-62(53)38-81-62)82-58(79)65-27-19-15-18-22-50(73)64-29-28-63-34-45(72)35-66-54(75)46(30-40(3)4)70-55(76)47(31-44-20-16-14-17-21-44)69-51(74)36-68-57(78)60(11,42(7)8)37-59(10,32-41(5)6)56(77)67-33-43(9)71/h14,16-17,20-21,23,40-43,46-49,52-53,63,71H,15,18-19,22,24-38H2,1-13H3,(H,64,73)(H,65,79)(H,66,75)(H,67,77)(H,68,78)(H,69,74)(H,70,76)/t43?,46-,47-,48?,49+,52?,53?,59?,60?,61+,62-/m0/s1. The molecule has 7 amide bonds. The van der Waals surface area contributed by atoms with E-state index < -0.39 is 77.0 Å². The summed E-state index contributed by atoms with van der Waals surface area (Å²) in [5, 5.41) is 32.3. The molecular formula is C62H102N8O13. The zero-order valence-corrected chi connectivity index (χ0v) is 52.0. The second-order valence-electron chi connectivity index (χ2n) is 25.5. The molecule has 1 saturated carbocycles. The first-order valence-corrected chi connectivity index (χ1v) is 30.2. The van der Waals surface area contributed by atoms with Crippen LogP contribution in [-0.2, 0) is 58.9 Å². The van der Waals surface area contributed by atoms with E-state index in [4.69, 9.17) is 18.9 Å². The Balaban J connectivity index is 1.17. The fourth-order valence-corrected chi connectivity index (χ4v) is 11.6. The molecule has 3 fully saturated rings. The summed E-state index contributed by atoms with van der Waals surface area (Å²) < 4.78 is 24.2. The van der Waals surface area contributed by atoms with Gasteiger partial charge in [-0.15, -0.1) is 0 Å². The minimum Gasteiger partial charge on any atom is -0.443 e. The third-order valence-electron chi connectivity index (χ3n) is 16.5. The highest BCUT2D eigenvalue weighted by molar-refractivity contribution is 5.95. The smallest absolute Gasteiger partial charge is 0.407 e. The van der Waals surface area contributed by atoms with Gasteiger partial charge >= 0.3 is 6.09 Å². The van der Waals surface area contributed by atoms with Gasteiger partial charge in [0.2, 0.25) is 35.4 Å². The predicted molar refractivity (Wildman–Crippen MR) is 316 cm³/mol. The normalized spacial score (nSPS) is 23.3. The number of alkyl carbamates (subject to hydrolysis) is 1. The average molecular weight is 1170 g/mol. The monoisotopic (exact) mass is 1170 g/mol. The lowest BCUT2D eigenvalue weighted by atomic mass is 9.64. The van der Waals surface area contributed by atoms with Crippen molar-refractivity contribution in [3.05, 3.63) is 47.5 Å². The quantitative estimate of drug-likeness (QED) is 0.0248. The summed E-state index contributed by atoms with van der Waals surface area (Å²) in [4.78, 5) is 107. The minimum absolute atomic E-state index is 0.0407. The molecular weight excluding hydrogens is 1060 g/mol. The highest BCUT2D eigenvalue weighted by Gasteiger charge is 2.72. The van der Waals surface area contributed by atoms with Crippen LogP contribution in [0.5, 0.6) is 0 Å². The van der Waals surface area contributed by atoms with Crippen molar-refractivity contribution in [2.24, 2.45) is 34.5 Å². The maximum atomic E-state index is 14.0. The van der Waals surface area contributed by atoms with Crippen molar-refractivity contribution < 1.29 is 62.4 Å². The first-order valence-electron chi connectivity index (χ1n) is 30.2. The van der Waals surface area contributed by atoms with Crippen molar-refractivity contribution in [1.82, 2.24) is 42.5 Å². The number of Topliss-reactive ketones (excluding diaryl/α,β-unsaturated/α-hetero) is 1. The summed E-state index contributed by atoms with van der Waals surface area (Å²) >= 11 is 0. The van der Waals surface area contributed by atoms with Crippen LogP contribution in [0.4, 0.5) is 4.79 Å². The van der Waals surface area contributed by atoms with E-state index in [1.807, 2.05) is 54.5 Å². The van der Waals surface area contributed by atoms with E-state index in [1.165, 1.54) is 5.57 Å². The molecule has 1 aromatic rings. The van der Waals surface area contributed by atoms with Crippen molar-refractivity contribution in [3.63, 3.8) is 0 Å². The summed E-state index contributed by atoms with van der Waals surface area (Å²) in [6, 6.07) is 6.85. The topological polar surface area (TPSA) is 297 Å². The number of allylic oxidation sites excluding steroid dienone is 1. The molecule has 0 bridgehead atoms. The Hall–Kier alpha value is -5.48. The molecule has 0 radical (unpaired) electrons. The molecule has 1 aromatic carbocycles. The number of benzene rings is 1. The molecule has 11 atom stereocenters. The molecule has 9 N–H and O–H groups in total. The van der Waals surface area contributed by atoms with Gasteiger partial charge in [0.1, 0.15) is 35.5 Å². The third kappa shape index (κ3) is 22.1. The number of epoxide rings is 2. The lowest BCUT2D eigenvalue weighted by molar-refractivity contribution is -0.142. The van der Waals surface area contributed by atoms with Crippen molar-refractivity contribution in [2.75, 3.05) is 59.5 Å². The average Bonchev–Trinajstić information content (AvgIpc) is 3.84. The largest absolute Gasteiger partial charge is 0.443 e. The number of amides is 7. The van der Waals surface area contributed by atoms with Gasteiger partial charge in [0.05, 0.1) is 44.4 Å². The van der Waals surface area contributed by atoms with Crippen LogP contribution >= 0.6 is 0 Å². The van der Waals surface area contributed by atoms with Crippen LogP contribution < -0.4 is 42.5 Å². The van der Waals surface area contributed by atoms with Crippen molar-refractivity contribution in [2.45, 2.75) is 201 Å². The molecule has 21 heteroatoms. The van der Waals surface area contributed by atoms with E-state index in [1.54, 1.807) is 45.2 Å². The van der Waals surface area contributed by atoms with Gasteiger partial charge in [0.25, 0.3) is 0 Å². The Morgan fingerprint density at radius 1 is 0.783 bits per heavy atom. The molecule has 1 spiro atoms. The fourth-order valence-electron chi connectivity index (χ4n) is 11.6. The Kier molecular flexibility index (Phi) is 27.6. The van der Waals surface area contributed by atoms with Gasteiger partial charge < -0.3 is 66.6 Å². The highest BCUT2D eigenvalue weighted by Crippen LogP contribution is 2.59. The predicted octanol–water partition coefficient (Wildman–Crippen LogP) is 4.72. The number of carbonyl (C=O) groups is 8. The van der Waals surface area contributed by atoms with Crippen molar-refractivity contribution >= 4 is 47.3 Å². The number of hydrogen-bond acceptors (Lipinski definition) is 14. The molecule has 468 valence electrons. The number of aliphatic hydroxyl groups excluding tert-OH is 1. The van der Waals surface area contributed by atoms with Crippen LogP contribution in [0.1, 0.15) is 153 Å². The van der Waals surface area contributed by atoms with E-state index in [0.717, 1.165) is 18.4 Å². The van der Waals surface area contributed by atoms with Crippen LogP contribution in [0, 0.1) is 34.5 Å². The lowest BCUT2D eigenvalue weighted by Gasteiger charge is -2.42. The molecule has 2 saturated heterocycles. The number of ketones is 1. The lowest BCUT2D eigenvalue weighted by Crippen LogP contribution is -2.56. The van der Waals surface area contributed by atoms with Crippen molar-refractivity contribution in [1.29, 1.82) is 0 Å². The second kappa shape index (κ2) is 32.7. The van der Waals surface area contributed by atoms with Gasteiger partial charge in [-0.1, -0.05) is 104 Å². The van der Waals surface area contributed by atoms with E-state index in [-0.39, 0.29) is 105 Å². The molecule has 21 nitrogen and oxygen atoms in total. The van der Waals surface area contributed by atoms with E-state index >= 15 is 0 Å². The summed E-state index contributed by atoms with van der Waals surface area (Å²) in [6.07, 6.45) is 5.65. The maximum absolute atomic E-state index is 14.0. The number of aliphatic hydroxyl groups is 1. The second-order valence-corrected chi connectivity index (χ2v) is 25.5. The van der Waals surface area contributed by atoms with E-state index in [0.29, 0.717) is 58.2 Å². The SMILES string of the molecule is COC1C(OC(=O)NCCCCCC(=O)NCCNCC(=O)CNC(=O)[C@H](CC(C)C)NC(=O)[C@H](Cc2ccccc2)NC(=O)CNC(=O)C(C)(CC(C)(CC(C)C)C(=O)NCC(C)O)C(C)C)CC[C@]2(CO2)C1[C@]1(C)O[C@@H]1CC=C(C)C. The summed E-state index contributed by atoms with van der Waals surface area (Å²) in [5.74, 6) is -3.23. The third-order valence-corrected chi connectivity index (χ3v) is 16.5. The number of hydrogen-bond donors (Lipinski definition) is 9. The molecule has 83 heavy (non-hydrogen) atoms. The molecule has 0 aromatic heterocycles. The van der Waals surface area contributed by atoms with Gasteiger partial charge in [-0.25, -0.2) is 4.79 Å². The number of ether oxygens (including phenoxy) is 4. The van der Waals surface area contributed by atoms with Crippen LogP contribution in [0.3, 0.4) is 0 Å². The Morgan fingerprint density at radius 2 is 1.48 bits per heavy atom. The Morgan fingerprint density at radius 3 is 2.10 bits per heavy atom. The van der Waals surface area contributed by atoms with Gasteiger partial charge in [-0.3, -0.25) is 33.6 Å². The molecule has 2 aliphatic heterocycles. The molecule has 4 rings (SSSR count). The number of unbranched alkanes of at least 4 members (excludes halogenated alkanes) is 2. The van der Waals surface area contributed by atoms with Crippen LogP contribution in [-0.4, -0.2) is 160 Å². The Bertz CT molecular complexity index is 2340. The highest BCUT2D eigenvalue weighted by atomic mass is 16.6. The summed E-state index contributed by atoms with van der Waals surface area (Å²) in [7, 11) is 1.65. The molecule has 2 heterocycles. The molecule has 1 aliphatic carbocycles. The molecule has 3 aliphatic rings. The number of methoxy groups -OCH3 is 1. The Labute approximate surface area is 493 Å². The number of rotatable bonds is 37. The van der Waals surface area contributed by atoms with E-state index in [9.17, 15) is 43.5 Å². The number of nitrogens with one attached hydrogen (secondary N) is 8. The van der Waals surface area contributed by atoms with Crippen LogP contribution in [0.25, 0.3) is 0 Å². The van der Waals surface area contributed by atoms with Gasteiger partial charge in [-0.05, 0) is 102 Å². The first kappa shape index (κ1) is 70.0. The first-order chi connectivity index (χ1) is 39.1. The maximum Gasteiger partial charge on any atom is 0.407 e. The molecule has 6 unspecified atom stereocenters. The van der Waals surface area contributed by atoms with Crippen molar-refractivity contribution in [3.8, 4) is 0 Å². The fraction of sp³-hybridized carbons (Fsp3) is 0.742. The zero-order valence-electron chi connectivity index (χ0n) is 52.0. The van der Waals surface area contributed by atoms with Crippen LogP contribution in [0.2, 0.25) is 0 Å². The summed E-state index contributed by atoms with van der Waals surface area (Å²) in [5.41, 5.74) is -0.816. The van der Waals surface area contributed by atoms with Gasteiger partial charge in [0.15, 0.2) is 5.78 Å². The van der Waals surface area contributed by atoms with Gasteiger partial charge in [0, 0.05) is 57.0 Å². The zero-order chi connectivity index (χ0) is 61.7. The van der Waals surface area contributed by atoms with Gasteiger partial charge in [-0.2, -0.15) is 0 Å². The minimum atomic E-state index is -1.14. The summed E-state index contributed by atoms with van der Waals surface area (Å²) in [6.45, 7) is 23.8. The van der Waals surface area contributed by atoms with Crippen LogP contribution in [0.15, 0.2) is 42.0 Å².